The lowest BCUT2D eigenvalue weighted by atomic mass is 10.2. The zero-order valence-corrected chi connectivity index (χ0v) is 10.4. The summed E-state index contributed by atoms with van der Waals surface area (Å²) in [5, 5.41) is 37.6. The van der Waals surface area contributed by atoms with Gasteiger partial charge in [0, 0.05) is 12.1 Å². The van der Waals surface area contributed by atoms with Gasteiger partial charge in [0.15, 0.2) is 0 Å². The Kier molecular flexibility index (Phi) is 5.84. The standard InChI is InChI=1S/C11H14N2O7/c14-6-10(15)7-20-12(11(16)17)5-8-1-3-9(4-2-8)13(18)19/h1-4,10,14-15H,5-7H2,(H,16,17). The topological polar surface area (TPSA) is 133 Å². The zero-order valence-electron chi connectivity index (χ0n) is 10.4. The number of non-ortho nitro benzene ring substituents is 1. The lowest BCUT2D eigenvalue weighted by molar-refractivity contribution is -0.384. The summed E-state index contributed by atoms with van der Waals surface area (Å²) in [6.07, 6.45) is -2.57. The lowest BCUT2D eigenvalue weighted by Gasteiger charge is -2.19. The van der Waals surface area contributed by atoms with Crippen LogP contribution < -0.4 is 0 Å². The van der Waals surface area contributed by atoms with Gasteiger partial charge in [0.05, 0.1) is 18.1 Å². The fraction of sp³-hybridized carbons (Fsp3) is 0.364. The zero-order chi connectivity index (χ0) is 15.1. The number of nitro benzene ring substituents is 1. The second-order valence-corrected chi connectivity index (χ2v) is 3.87. The predicted molar refractivity (Wildman–Crippen MR) is 65.7 cm³/mol. The summed E-state index contributed by atoms with van der Waals surface area (Å²) in [6, 6.07) is 5.30. The Morgan fingerprint density at radius 2 is 2.00 bits per heavy atom. The van der Waals surface area contributed by atoms with Crippen LogP contribution in [0.5, 0.6) is 0 Å². The van der Waals surface area contributed by atoms with Crippen molar-refractivity contribution in [1.82, 2.24) is 5.06 Å². The fourth-order valence-corrected chi connectivity index (χ4v) is 1.29. The van der Waals surface area contributed by atoms with Crippen molar-refractivity contribution in [3.63, 3.8) is 0 Å². The van der Waals surface area contributed by atoms with E-state index >= 15 is 0 Å². The maximum absolute atomic E-state index is 10.9. The number of aliphatic hydroxyl groups excluding tert-OH is 2. The fourth-order valence-electron chi connectivity index (χ4n) is 1.29. The molecule has 0 radical (unpaired) electrons. The summed E-state index contributed by atoms with van der Waals surface area (Å²) < 4.78 is 0. The molecule has 1 atom stereocenters. The molecule has 1 unspecified atom stereocenters. The Labute approximate surface area is 113 Å². The van der Waals surface area contributed by atoms with Gasteiger partial charge in [-0.1, -0.05) is 12.1 Å². The Morgan fingerprint density at radius 3 is 2.45 bits per heavy atom. The third-order valence-corrected chi connectivity index (χ3v) is 2.32. The summed E-state index contributed by atoms with van der Waals surface area (Å²) in [4.78, 5) is 25.7. The molecule has 0 aliphatic heterocycles. The number of hydroxylamine groups is 2. The molecule has 1 aromatic rings. The number of hydrogen-bond donors (Lipinski definition) is 3. The van der Waals surface area contributed by atoms with Gasteiger partial charge in [-0.25, -0.2) is 4.79 Å². The van der Waals surface area contributed by atoms with Crippen LogP contribution in [0.3, 0.4) is 0 Å². The summed E-state index contributed by atoms with van der Waals surface area (Å²) in [6.45, 7) is -1.09. The average molecular weight is 286 g/mol. The maximum Gasteiger partial charge on any atom is 0.431 e. The molecule has 9 heteroatoms. The number of hydrogen-bond acceptors (Lipinski definition) is 6. The first-order valence-corrected chi connectivity index (χ1v) is 5.59. The van der Waals surface area contributed by atoms with Crippen LogP contribution in [0, 0.1) is 10.1 Å². The van der Waals surface area contributed by atoms with Crippen molar-refractivity contribution in [1.29, 1.82) is 0 Å². The highest BCUT2D eigenvalue weighted by Gasteiger charge is 2.16. The highest BCUT2D eigenvalue weighted by Crippen LogP contribution is 2.13. The van der Waals surface area contributed by atoms with E-state index in [1.807, 2.05) is 0 Å². The van der Waals surface area contributed by atoms with Gasteiger partial charge >= 0.3 is 6.09 Å². The van der Waals surface area contributed by atoms with Crippen molar-refractivity contribution in [2.45, 2.75) is 12.6 Å². The molecule has 0 heterocycles. The van der Waals surface area contributed by atoms with Crippen LogP contribution in [0.15, 0.2) is 24.3 Å². The number of benzene rings is 1. The molecule has 0 spiro atoms. The number of amides is 1. The summed E-state index contributed by atoms with van der Waals surface area (Å²) in [7, 11) is 0. The minimum atomic E-state index is -1.38. The van der Waals surface area contributed by atoms with Crippen LogP contribution >= 0.6 is 0 Å². The second-order valence-electron chi connectivity index (χ2n) is 3.87. The van der Waals surface area contributed by atoms with E-state index in [1.54, 1.807) is 0 Å². The first-order chi connectivity index (χ1) is 9.43. The van der Waals surface area contributed by atoms with Crippen LogP contribution in [0.2, 0.25) is 0 Å². The number of carbonyl (C=O) groups is 1. The van der Waals surface area contributed by atoms with Crippen LogP contribution in [-0.2, 0) is 11.4 Å². The first kappa shape index (κ1) is 15.8. The van der Waals surface area contributed by atoms with E-state index in [0.717, 1.165) is 0 Å². The molecule has 9 nitrogen and oxygen atoms in total. The van der Waals surface area contributed by atoms with Gasteiger partial charge in [-0.3, -0.25) is 15.0 Å². The molecule has 0 saturated heterocycles. The van der Waals surface area contributed by atoms with Crippen LogP contribution in [0.25, 0.3) is 0 Å². The van der Waals surface area contributed by atoms with Gasteiger partial charge in [-0.15, -0.1) is 0 Å². The van der Waals surface area contributed by atoms with Crippen molar-refractivity contribution in [3.8, 4) is 0 Å². The van der Waals surface area contributed by atoms with Crippen LogP contribution in [0.1, 0.15) is 5.56 Å². The van der Waals surface area contributed by atoms with Gasteiger partial charge in [-0.2, -0.15) is 5.06 Å². The Morgan fingerprint density at radius 1 is 1.40 bits per heavy atom. The first-order valence-electron chi connectivity index (χ1n) is 5.59. The summed E-state index contributed by atoms with van der Waals surface area (Å²) in [5.41, 5.74) is 0.378. The lowest BCUT2D eigenvalue weighted by Crippen LogP contribution is -2.33. The third kappa shape index (κ3) is 4.80. The van der Waals surface area contributed by atoms with E-state index in [2.05, 4.69) is 0 Å². The van der Waals surface area contributed by atoms with Crippen molar-refractivity contribution < 1.29 is 29.9 Å². The average Bonchev–Trinajstić information content (AvgIpc) is 2.43. The van der Waals surface area contributed by atoms with Crippen molar-refractivity contribution in [2.75, 3.05) is 13.2 Å². The monoisotopic (exact) mass is 286 g/mol. The van der Waals surface area contributed by atoms with E-state index in [-0.39, 0.29) is 18.8 Å². The Bertz CT molecular complexity index is 462. The smallest absolute Gasteiger partial charge is 0.431 e. The molecule has 1 rings (SSSR count). The normalized spacial score (nSPS) is 11.9. The molecule has 0 aliphatic carbocycles. The third-order valence-electron chi connectivity index (χ3n) is 2.32. The summed E-state index contributed by atoms with van der Waals surface area (Å²) in [5.74, 6) is 0. The Balaban J connectivity index is 2.65. The highest BCUT2D eigenvalue weighted by atomic mass is 16.7. The van der Waals surface area contributed by atoms with Gasteiger partial charge in [0.1, 0.15) is 12.7 Å². The molecular weight excluding hydrogens is 272 g/mol. The quantitative estimate of drug-likeness (QED) is 0.486. The molecule has 1 amide bonds. The molecule has 110 valence electrons. The van der Waals surface area contributed by atoms with Crippen LogP contribution in [0.4, 0.5) is 10.5 Å². The highest BCUT2D eigenvalue weighted by molar-refractivity contribution is 5.63. The molecule has 0 aliphatic rings. The maximum atomic E-state index is 10.9. The predicted octanol–water partition coefficient (Wildman–Crippen LogP) is 0.360. The second kappa shape index (κ2) is 7.38. The van der Waals surface area contributed by atoms with Crippen molar-refractivity contribution in [3.05, 3.63) is 39.9 Å². The molecule has 0 bridgehead atoms. The SMILES string of the molecule is O=C(O)N(Cc1ccc([N+](=O)[O-])cc1)OCC(O)CO. The molecule has 3 N–H and O–H groups in total. The van der Waals surface area contributed by atoms with E-state index in [0.29, 0.717) is 10.6 Å². The summed E-state index contributed by atoms with van der Waals surface area (Å²) >= 11 is 0. The van der Waals surface area contributed by atoms with E-state index in [9.17, 15) is 14.9 Å². The minimum Gasteiger partial charge on any atom is -0.463 e. The van der Waals surface area contributed by atoms with E-state index in [1.165, 1.54) is 24.3 Å². The molecule has 1 aromatic carbocycles. The Hall–Kier alpha value is -2.23. The van der Waals surface area contributed by atoms with Gasteiger partial charge in [-0.05, 0) is 5.56 Å². The van der Waals surface area contributed by atoms with Gasteiger partial charge < -0.3 is 15.3 Å². The van der Waals surface area contributed by atoms with Crippen molar-refractivity contribution >= 4 is 11.8 Å². The number of carboxylic acid groups (broad SMARTS) is 1. The molecule has 20 heavy (non-hydrogen) atoms. The number of rotatable bonds is 7. The number of nitro groups is 1. The molecule has 0 aromatic heterocycles. The van der Waals surface area contributed by atoms with Gasteiger partial charge in [0.25, 0.3) is 5.69 Å². The van der Waals surface area contributed by atoms with E-state index in [4.69, 9.17) is 20.2 Å². The number of nitrogens with zero attached hydrogens (tertiary/aromatic N) is 2. The largest absolute Gasteiger partial charge is 0.463 e. The van der Waals surface area contributed by atoms with Gasteiger partial charge in [0.2, 0.25) is 0 Å². The van der Waals surface area contributed by atoms with Crippen molar-refractivity contribution in [2.24, 2.45) is 0 Å². The molecule has 0 saturated carbocycles. The van der Waals surface area contributed by atoms with E-state index < -0.39 is 23.7 Å². The molecule has 0 fully saturated rings. The molecular formula is C11H14N2O7. The van der Waals surface area contributed by atoms with Crippen LogP contribution in [-0.4, -0.2) is 50.7 Å². The number of aliphatic hydroxyl groups is 2. The minimum absolute atomic E-state index is 0.104.